The monoisotopic (exact) mass is 127 g/mol. The number of rotatable bonds is 3. The van der Waals surface area contributed by atoms with E-state index in [1.807, 2.05) is 0 Å². The van der Waals surface area contributed by atoms with Crippen LogP contribution in [0.5, 0.6) is 0 Å². The summed E-state index contributed by atoms with van der Waals surface area (Å²) in [7, 11) is 0. The predicted octanol–water partition coefficient (Wildman–Crippen LogP) is 0.573. The van der Waals surface area contributed by atoms with Crippen molar-refractivity contribution in [3.8, 4) is 0 Å². The van der Waals surface area contributed by atoms with Gasteiger partial charge in [0.1, 0.15) is 6.29 Å². The summed E-state index contributed by atoms with van der Waals surface area (Å²) in [5.41, 5.74) is 0. The second-order valence-electron chi connectivity index (χ2n) is 2.62. The Labute approximate surface area is 55.6 Å². The molecule has 2 nitrogen and oxygen atoms in total. The maximum atomic E-state index is 10.1. The van der Waals surface area contributed by atoms with Crippen molar-refractivity contribution in [2.45, 2.75) is 25.8 Å². The van der Waals surface area contributed by atoms with Crippen LogP contribution < -0.4 is 5.32 Å². The van der Waals surface area contributed by atoms with E-state index in [2.05, 4.69) is 12.2 Å². The van der Waals surface area contributed by atoms with Crippen LogP contribution in [0.2, 0.25) is 0 Å². The molecule has 0 radical (unpaired) electrons. The third kappa shape index (κ3) is 1.52. The minimum atomic E-state index is 0.356. The van der Waals surface area contributed by atoms with E-state index in [4.69, 9.17) is 0 Å². The van der Waals surface area contributed by atoms with Crippen LogP contribution in [0, 0.1) is 5.92 Å². The number of nitrogens with one attached hydrogen (secondary N) is 1. The molecule has 0 unspecified atom stereocenters. The van der Waals surface area contributed by atoms with Crippen LogP contribution in [0.4, 0.5) is 0 Å². The van der Waals surface area contributed by atoms with Crippen LogP contribution in [-0.4, -0.2) is 18.9 Å². The first-order valence-electron chi connectivity index (χ1n) is 3.55. The first-order valence-corrected chi connectivity index (χ1v) is 3.55. The van der Waals surface area contributed by atoms with Gasteiger partial charge in [-0.1, -0.05) is 6.92 Å². The number of carbonyl (C=O) groups is 1. The molecule has 1 rings (SSSR count). The van der Waals surface area contributed by atoms with Crippen molar-refractivity contribution in [1.82, 2.24) is 5.32 Å². The molecule has 1 N–H and O–H groups in total. The fraction of sp³-hybridized carbons (Fsp3) is 0.857. The number of hydrogen-bond donors (Lipinski definition) is 1. The van der Waals surface area contributed by atoms with Crippen LogP contribution in [0.25, 0.3) is 0 Å². The summed E-state index contributed by atoms with van der Waals surface area (Å²) in [6.45, 7) is 3.12. The van der Waals surface area contributed by atoms with Gasteiger partial charge in [-0.15, -0.1) is 0 Å². The van der Waals surface area contributed by atoms with Crippen molar-refractivity contribution in [1.29, 1.82) is 0 Å². The molecule has 2 heteroatoms. The summed E-state index contributed by atoms with van der Waals surface area (Å²) in [5.74, 6) is 0.356. The second-order valence-corrected chi connectivity index (χ2v) is 2.62. The van der Waals surface area contributed by atoms with Gasteiger partial charge in [0.2, 0.25) is 0 Å². The van der Waals surface area contributed by atoms with Crippen molar-refractivity contribution in [3.05, 3.63) is 0 Å². The molecule has 0 aromatic carbocycles. The average molecular weight is 127 g/mol. The third-order valence-electron chi connectivity index (χ3n) is 1.86. The summed E-state index contributed by atoms with van der Waals surface area (Å²) in [5, 5.41) is 3.29. The minimum absolute atomic E-state index is 0.356. The lowest BCUT2D eigenvalue weighted by molar-refractivity contribution is -0.113. The molecule has 0 aromatic rings. The number of carbonyl (C=O) groups excluding carboxylic acids is 1. The largest absolute Gasteiger partial charge is 0.314 e. The fourth-order valence-corrected chi connectivity index (χ4v) is 1.23. The van der Waals surface area contributed by atoms with Crippen LogP contribution in [0.3, 0.4) is 0 Å². The maximum Gasteiger partial charge on any atom is 0.123 e. The standard InChI is InChI=1S/C7H13NO/c1-2-8-7-3-6(4-7)5-9/h5-8H,2-4H2,1H3. The van der Waals surface area contributed by atoms with Crippen molar-refractivity contribution in [2.75, 3.05) is 6.54 Å². The SMILES string of the molecule is CCNC1CC(C=O)C1. The summed E-state index contributed by atoms with van der Waals surface area (Å²) in [6, 6.07) is 0.630. The smallest absolute Gasteiger partial charge is 0.123 e. The Bertz CT molecular complexity index is 97.1. The van der Waals surface area contributed by atoms with E-state index in [9.17, 15) is 4.79 Å². The van der Waals surface area contributed by atoms with Gasteiger partial charge in [-0.25, -0.2) is 0 Å². The second kappa shape index (κ2) is 2.97. The Hall–Kier alpha value is -0.370. The van der Waals surface area contributed by atoms with E-state index in [1.54, 1.807) is 0 Å². The lowest BCUT2D eigenvalue weighted by Gasteiger charge is -2.31. The lowest BCUT2D eigenvalue weighted by atomic mass is 9.81. The molecule has 1 aliphatic rings. The topological polar surface area (TPSA) is 29.1 Å². The van der Waals surface area contributed by atoms with E-state index >= 15 is 0 Å². The molecule has 0 spiro atoms. The van der Waals surface area contributed by atoms with Crippen LogP contribution in [0.1, 0.15) is 19.8 Å². The van der Waals surface area contributed by atoms with Crippen molar-refractivity contribution >= 4 is 6.29 Å². The molecule has 0 aromatic heterocycles. The average Bonchev–Trinajstić information content (AvgIpc) is 1.77. The van der Waals surface area contributed by atoms with Crippen LogP contribution in [-0.2, 0) is 4.79 Å². The first kappa shape index (κ1) is 6.75. The molecular formula is C7H13NO. The maximum absolute atomic E-state index is 10.1. The highest BCUT2D eigenvalue weighted by Gasteiger charge is 2.27. The van der Waals surface area contributed by atoms with E-state index < -0.39 is 0 Å². The van der Waals surface area contributed by atoms with E-state index in [-0.39, 0.29) is 0 Å². The Morgan fingerprint density at radius 2 is 2.33 bits per heavy atom. The normalized spacial score (nSPS) is 33.4. The zero-order valence-electron chi connectivity index (χ0n) is 5.76. The number of hydrogen-bond acceptors (Lipinski definition) is 2. The molecule has 1 fully saturated rings. The quantitative estimate of drug-likeness (QED) is 0.562. The highest BCUT2D eigenvalue weighted by molar-refractivity contribution is 5.55. The molecular weight excluding hydrogens is 114 g/mol. The van der Waals surface area contributed by atoms with Crippen molar-refractivity contribution < 1.29 is 4.79 Å². The van der Waals surface area contributed by atoms with Gasteiger partial charge in [0.15, 0.2) is 0 Å². The molecule has 0 amide bonds. The van der Waals surface area contributed by atoms with E-state index in [0.717, 1.165) is 25.7 Å². The first-order chi connectivity index (χ1) is 4.36. The molecule has 1 saturated carbocycles. The van der Waals surface area contributed by atoms with Crippen molar-refractivity contribution in [3.63, 3.8) is 0 Å². The van der Waals surface area contributed by atoms with E-state index in [1.165, 1.54) is 0 Å². The molecule has 0 saturated heterocycles. The lowest BCUT2D eigenvalue weighted by Crippen LogP contribution is -2.41. The third-order valence-corrected chi connectivity index (χ3v) is 1.86. The van der Waals surface area contributed by atoms with Gasteiger partial charge in [-0.3, -0.25) is 0 Å². The molecule has 1 aliphatic carbocycles. The van der Waals surface area contributed by atoms with Crippen molar-refractivity contribution in [2.24, 2.45) is 5.92 Å². The Balaban J connectivity index is 2.04. The van der Waals surface area contributed by atoms with Gasteiger partial charge in [-0.2, -0.15) is 0 Å². The summed E-state index contributed by atoms with van der Waals surface area (Å²) >= 11 is 0. The molecule has 0 bridgehead atoms. The summed E-state index contributed by atoms with van der Waals surface area (Å²) in [6.07, 6.45) is 3.17. The highest BCUT2D eigenvalue weighted by Crippen LogP contribution is 2.24. The number of aldehydes is 1. The van der Waals surface area contributed by atoms with Crippen LogP contribution >= 0.6 is 0 Å². The molecule has 9 heavy (non-hydrogen) atoms. The summed E-state index contributed by atoms with van der Waals surface area (Å²) in [4.78, 5) is 10.1. The fourth-order valence-electron chi connectivity index (χ4n) is 1.23. The molecule has 0 heterocycles. The summed E-state index contributed by atoms with van der Waals surface area (Å²) < 4.78 is 0. The highest BCUT2D eigenvalue weighted by atomic mass is 16.1. The Kier molecular flexibility index (Phi) is 2.22. The molecule has 0 aliphatic heterocycles. The van der Waals surface area contributed by atoms with Gasteiger partial charge >= 0.3 is 0 Å². The molecule has 52 valence electrons. The van der Waals surface area contributed by atoms with Gasteiger partial charge in [0, 0.05) is 12.0 Å². The van der Waals surface area contributed by atoms with Gasteiger partial charge in [0.05, 0.1) is 0 Å². The predicted molar refractivity (Wildman–Crippen MR) is 36.3 cm³/mol. The zero-order valence-corrected chi connectivity index (χ0v) is 5.76. The Morgan fingerprint density at radius 1 is 1.67 bits per heavy atom. The van der Waals surface area contributed by atoms with Gasteiger partial charge in [-0.05, 0) is 19.4 Å². The Morgan fingerprint density at radius 3 is 2.78 bits per heavy atom. The minimum Gasteiger partial charge on any atom is -0.314 e. The molecule has 0 atom stereocenters. The van der Waals surface area contributed by atoms with Crippen LogP contribution in [0.15, 0.2) is 0 Å². The zero-order chi connectivity index (χ0) is 6.69. The van der Waals surface area contributed by atoms with Gasteiger partial charge < -0.3 is 10.1 Å². The van der Waals surface area contributed by atoms with Gasteiger partial charge in [0.25, 0.3) is 0 Å². The van der Waals surface area contributed by atoms with E-state index in [0.29, 0.717) is 12.0 Å².